The summed E-state index contributed by atoms with van der Waals surface area (Å²) in [6, 6.07) is 22.7. The first-order valence-electron chi connectivity index (χ1n) is 12.8. The van der Waals surface area contributed by atoms with Crippen molar-refractivity contribution in [1.29, 1.82) is 0 Å². The summed E-state index contributed by atoms with van der Waals surface area (Å²) in [7, 11) is 0. The quantitative estimate of drug-likeness (QED) is 0.284. The highest BCUT2D eigenvalue weighted by molar-refractivity contribution is 5.79. The van der Waals surface area contributed by atoms with Crippen LogP contribution >= 0.6 is 0 Å². The molecule has 2 heterocycles. The molecule has 194 valence electrons. The third kappa shape index (κ3) is 5.70. The Morgan fingerprint density at radius 3 is 2.37 bits per heavy atom. The number of hydrogen-bond donors (Lipinski definition) is 1. The second-order valence-corrected chi connectivity index (χ2v) is 9.85. The fraction of sp³-hybridized carbons (Fsp3) is 0.267. The molecule has 0 bridgehead atoms. The fourth-order valence-corrected chi connectivity index (χ4v) is 4.83. The third-order valence-corrected chi connectivity index (χ3v) is 6.89. The molecule has 0 saturated heterocycles. The molecule has 1 N–H and O–H groups in total. The van der Waals surface area contributed by atoms with Crippen molar-refractivity contribution in [1.82, 2.24) is 30.1 Å². The zero-order valence-electron chi connectivity index (χ0n) is 21.9. The smallest absolute Gasteiger partial charge is 0.252 e. The average molecular weight is 511 g/mol. The molecular weight excluding hydrogens is 479 g/mol. The molecule has 0 fully saturated rings. The van der Waals surface area contributed by atoms with Crippen LogP contribution in [0.5, 0.6) is 0 Å². The lowest BCUT2D eigenvalue weighted by molar-refractivity contribution is 0.161. The van der Waals surface area contributed by atoms with Gasteiger partial charge >= 0.3 is 0 Å². The molecule has 3 aromatic carbocycles. The van der Waals surface area contributed by atoms with Crippen molar-refractivity contribution in [3.05, 3.63) is 123 Å². The number of aromatic amines is 1. The maximum atomic E-state index is 13.4. The number of tetrazole rings is 1. The minimum absolute atomic E-state index is 0.0993. The normalized spacial score (nSPS) is 12.3. The minimum Gasteiger partial charge on any atom is -0.322 e. The van der Waals surface area contributed by atoms with E-state index >= 15 is 0 Å². The zero-order valence-corrected chi connectivity index (χ0v) is 21.9. The molecule has 7 nitrogen and oxygen atoms in total. The third-order valence-electron chi connectivity index (χ3n) is 6.89. The molecular formula is C30H31FN6O. The molecule has 0 saturated carbocycles. The molecule has 0 aliphatic rings. The Morgan fingerprint density at radius 2 is 1.63 bits per heavy atom. The predicted octanol–water partition coefficient (Wildman–Crippen LogP) is 5.47. The number of fused-ring (bicyclic) bond motifs is 1. The molecule has 38 heavy (non-hydrogen) atoms. The van der Waals surface area contributed by atoms with Gasteiger partial charge in [-0.1, -0.05) is 61.0 Å². The van der Waals surface area contributed by atoms with Gasteiger partial charge in [-0.05, 0) is 77.0 Å². The van der Waals surface area contributed by atoms with Gasteiger partial charge in [0.2, 0.25) is 0 Å². The van der Waals surface area contributed by atoms with Gasteiger partial charge in [-0.3, -0.25) is 9.69 Å². The lowest BCUT2D eigenvalue weighted by Crippen LogP contribution is -2.32. The summed E-state index contributed by atoms with van der Waals surface area (Å²) < 4.78 is 15.2. The van der Waals surface area contributed by atoms with E-state index in [0.29, 0.717) is 31.0 Å². The molecule has 0 radical (unpaired) electrons. The molecule has 0 aliphatic heterocycles. The molecule has 0 amide bonds. The lowest BCUT2D eigenvalue weighted by atomic mass is 10.1. The first kappa shape index (κ1) is 25.5. The summed E-state index contributed by atoms with van der Waals surface area (Å²) in [5.41, 5.74) is 5.75. The summed E-state index contributed by atoms with van der Waals surface area (Å²) >= 11 is 0. The highest BCUT2D eigenvalue weighted by atomic mass is 19.1. The van der Waals surface area contributed by atoms with Crippen LogP contribution < -0.4 is 5.56 Å². The Balaban J connectivity index is 1.51. The van der Waals surface area contributed by atoms with E-state index in [4.69, 9.17) is 0 Å². The molecule has 2 aromatic heterocycles. The number of nitrogens with zero attached hydrogens (tertiary/aromatic N) is 5. The highest BCUT2D eigenvalue weighted by Crippen LogP contribution is 2.27. The molecule has 0 spiro atoms. The van der Waals surface area contributed by atoms with Crippen molar-refractivity contribution in [2.45, 2.75) is 52.9 Å². The van der Waals surface area contributed by atoms with E-state index in [1.807, 2.05) is 31.2 Å². The monoisotopic (exact) mass is 510 g/mol. The summed E-state index contributed by atoms with van der Waals surface area (Å²) in [4.78, 5) is 18.5. The van der Waals surface area contributed by atoms with Gasteiger partial charge in [-0.2, -0.15) is 0 Å². The van der Waals surface area contributed by atoms with Crippen LogP contribution in [0.4, 0.5) is 4.39 Å². The fourth-order valence-electron chi connectivity index (χ4n) is 4.83. The van der Waals surface area contributed by atoms with Gasteiger partial charge in [0.15, 0.2) is 5.82 Å². The van der Waals surface area contributed by atoms with E-state index in [-0.39, 0.29) is 17.4 Å². The summed E-state index contributed by atoms with van der Waals surface area (Å²) in [5, 5.41) is 13.6. The van der Waals surface area contributed by atoms with Crippen molar-refractivity contribution >= 4 is 10.9 Å². The molecule has 5 rings (SSSR count). The zero-order chi connectivity index (χ0) is 26.6. The lowest BCUT2D eigenvalue weighted by Gasteiger charge is -2.30. The highest BCUT2D eigenvalue weighted by Gasteiger charge is 2.26. The summed E-state index contributed by atoms with van der Waals surface area (Å²) in [5.74, 6) is 0.425. The summed E-state index contributed by atoms with van der Waals surface area (Å²) in [6.07, 6.45) is 0.736. The van der Waals surface area contributed by atoms with Crippen molar-refractivity contribution in [2.24, 2.45) is 0 Å². The van der Waals surface area contributed by atoms with Crippen LogP contribution in [0.1, 0.15) is 53.0 Å². The van der Waals surface area contributed by atoms with Gasteiger partial charge in [0.05, 0.1) is 12.6 Å². The van der Waals surface area contributed by atoms with Crippen molar-refractivity contribution in [3.8, 4) is 0 Å². The average Bonchev–Trinajstić information content (AvgIpc) is 3.35. The van der Waals surface area contributed by atoms with Crippen molar-refractivity contribution < 1.29 is 4.39 Å². The Kier molecular flexibility index (Phi) is 7.42. The number of rotatable bonds is 9. The largest absolute Gasteiger partial charge is 0.322 e. The second kappa shape index (κ2) is 11.1. The van der Waals surface area contributed by atoms with Crippen LogP contribution in [0.25, 0.3) is 10.9 Å². The minimum atomic E-state index is -0.280. The van der Waals surface area contributed by atoms with Gasteiger partial charge in [0, 0.05) is 24.2 Å². The van der Waals surface area contributed by atoms with Gasteiger partial charge in [0.1, 0.15) is 5.82 Å². The topological polar surface area (TPSA) is 79.7 Å². The van der Waals surface area contributed by atoms with Crippen LogP contribution in [0.15, 0.2) is 77.6 Å². The van der Waals surface area contributed by atoms with Crippen LogP contribution in [-0.2, 0) is 19.6 Å². The van der Waals surface area contributed by atoms with E-state index in [9.17, 15) is 9.18 Å². The van der Waals surface area contributed by atoms with Gasteiger partial charge in [-0.25, -0.2) is 9.07 Å². The number of pyridine rings is 1. The number of aromatic nitrogens is 5. The Bertz CT molecular complexity index is 1590. The van der Waals surface area contributed by atoms with Crippen LogP contribution in [0.2, 0.25) is 0 Å². The predicted molar refractivity (Wildman–Crippen MR) is 146 cm³/mol. The van der Waals surface area contributed by atoms with Gasteiger partial charge < -0.3 is 4.98 Å². The first-order valence-corrected chi connectivity index (χ1v) is 12.8. The van der Waals surface area contributed by atoms with Crippen LogP contribution in [0, 0.1) is 19.7 Å². The maximum Gasteiger partial charge on any atom is 0.252 e. The van der Waals surface area contributed by atoms with Crippen molar-refractivity contribution in [2.75, 3.05) is 0 Å². The maximum absolute atomic E-state index is 13.4. The number of hydrogen-bond acceptors (Lipinski definition) is 5. The summed E-state index contributed by atoms with van der Waals surface area (Å²) in [6.45, 7) is 7.64. The molecule has 0 unspecified atom stereocenters. The number of aryl methyl sites for hydroxylation is 2. The van der Waals surface area contributed by atoms with Gasteiger partial charge in [-0.15, -0.1) is 5.10 Å². The molecule has 8 heteroatoms. The number of halogens is 1. The van der Waals surface area contributed by atoms with Crippen LogP contribution in [-0.4, -0.2) is 30.1 Å². The van der Waals surface area contributed by atoms with E-state index < -0.39 is 0 Å². The molecule has 5 aromatic rings. The second-order valence-electron chi connectivity index (χ2n) is 9.85. The Hall–Kier alpha value is -4.17. The first-order chi connectivity index (χ1) is 18.4. The van der Waals surface area contributed by atoms with Gasteiger partial charge in [0.25, 0.3) is 5.56 Å². The van der Waals surface area contributed by atoms with E-state index in [0.717, 1.165) is 34.0 Å². The Labute approximate surface area is 220 Å². The number of H-pyrrole nitrogens is 1. The van der Waals surface area contributed by atoms with E-state index in [1.54, 1.807) is 16.8 Å². The van der Waals surface area contributed by atoms with E-state index in [2.05, 4.69) is 63.5 Å². The molecule has 1 atom stereocenters. The standard InChI is InChI=1S/C30H31FN6O/c1-4-28(29-33-34-35-37(29)18-23-10-13-26(31)14-11-23)36(17-22-8-5-20(2)6-9-22)19-25-16-24-12-7-21(3)15-27(24)32-30(25)38/h5-16,28H,4,17-19H2,1-3H3,(H,32,38)/t28-/m1/s1. The Morgan fingerprint density at radius 1 is 0.921 bits per heavy atom. The number of benzene rings is 3. The van der Waals surface area contributed by atoms with E-state index in [1.165, 1.54) is 17.7 Å². The van der Waals surface area contributed by atoms with Crippen LogP contribution in [0.3, 0.4) is 0 Å². The molecule has 0 aliphatic carbocycles. The SMILES string of the molecule is CC[C@H](c1nnnn1Cc1ccc(F)cc1)N(Cc1ccc(C)cc1)Cc1cc2ccc(C)cc2[nH]c1=O. The van der Waals surface area contributed by atoms with Crippen molar-refractivity contribution in [3.63, 3.8) is 0 Å². The number of nitrogens with one attached hydrogen (secondary N) is 1.